The predicted octanol–water partition coefficient (Wildman–Crippen LogP) is 0.570. The number of hydrogen-bond acceptors (Lipinski definition) is 6. The summed E-state index contributed by atoms with van der Waals surface area (Å²) < 4.78 is 5.44. The molecule has 4 unspecified atom stereocenters. The maximum atomic E-state index is 12.6. The number of amides is 1. The van der Waals surface area contributed by atoms with E-state index in [1.165, 1.54) is 32.1 Å². The standard InChI is InChI=1S/C18H32N4O3/c23-18(16-8-17(25-21-16)14-4-2-1-3-5-14)20-15-9-19-22(11-15)10-13-6-7-24-12-13/h13-17,19,21H,1-12H2,(H,20,23). The third-order valence-electron chi connectivity index (χ3n) is 6.17. The van der Waals surface area contributed by atoms with Crippen LogP contribution in [0.1, 0.15) is 44.9 Å². The van der Waals surface area contributed by atoms with Crippen molar-refractivity contribution in [1.82, 2.24) is 21.2 Å². The first-order chi connectivity index (χ1) is 12.3. The van der Waals surface area contributed by atoms with Gasteiger partial charge in [-0.15, -0.1) is 0 Å². The van der Waals surface area contributed by atoms with Crippen LogP contribution in [0.25, 0.3) is 0 Å². The van der Waals surface area contributed by atoms with Gasteiger partial charge in [0, 0.05) is 32.7 Å². The Balaban J connectivity index is 1.19. The van der Waals surface area contributed by atoms with Gasteiger partial charge in [0.2, 0.25) is 5.91 Å². The van der Waals surface area contributed by atoms with Gasteiger partial charge < -0.3 is 10.1 Å². The zero-order valence-corrected chi connectivity index (χ0v) is 15.0. The van der Waals surface area contributed by atoms with Crippen molar-refractivity contribution in [2.75, 3.05) is 32.8 Å². The molecular weight excluding hydrogens is 320 g/mol. The second-order valence-corrected chi connectivity index (χ2v) is 8.16. The van der Waals surface area contributed by atoms with Crippen molar-refractivity contribution in [3.05, 3.63) is 0 Å². The highest BCUT2D eigenvalue weighted by molar-refractivity contribution is 5.82. The molecule has 25 heavy (non-hydrogen) atoms. The van der Waals surface area contributed by atoms with Crippen LogP contribution in [-0.2, 0) is 14.4 Å². The van der Waals surface area contributed by atoms with Crippen LogP contribution in [0.15, 0.2) is 0 Å². The smallest absolute Gasteiger partial charge is 0.239 e. The molecule has 0 bridgehead atoms. The minimum absolute atomic E-state index is 0.0798. The molecular formula is C18H32N4O3. The van der Waals surface area contributed by atoms with Crippen LogP contribution >= 0.6 is 0 Å². The number of nitrogens with zero attached hydrogens (tertiary/aromatic N) is 1. The summed E-state index contributed by atoms with van der Waals surface area (Å²) in [4.78, 5) is 18.3. The fraction of sp³-hybridized carbons (Fsp3) is 0.944. The van der Waals surface area contributed by atoms with Gasteiger partial charge in [0.15, 0.2) is 0 Å². The van der Waals surface area contributed by atoms with E-state index in [0.29, 0.717) is 11.8 Å². The molecule has 3 saturated heterocycles. The molecule has 0 aromatic rings. The molecule has 4 rings (SSSR count). The molecule has 1 aliphatic carbocycles. The first-order valence-electron chi connectivity index (χ1n) is 10.1. The summed E-state index contributed by atoms with van der Waals surface area (Å²) >= 11 is 0. The average Bonchev–Trinajstić information content (AvgIpc) is 3.38. The first-order valence-corrected chi connectivity index (χ1v) is 10.1. The minimum atomic E-state index is -0.204. The van der Waals surface area contributed by atoms with Crippen LogP contribution in [0.2, 0.25) is 0 Å². The van der Waals surface area contributed by atoms with Crippen LogP contribution in [0, 0.1) is 11.8 Å². The normalized spacial score (nSPS) is 37.6. The summed E-state index contributed by atoms with van der Waals surface area (Å²) in [5.41, 5.74) is 6.39. The molecule has 3 aliphatic heterocycles. The van der Waals surface area contributed by atoms with Gasteiger partial charge in [-0.25, -0.2) is 5.01 Å². The summed E-state index contributed by atoms with van der Waals surface area (Å²) in [6.07, 6.45) is 8.59. The predicted molar refractivity (Wildman–Crippen MR) is 93.4 cm³/mol. The molecule has 4 aliphatic rings. The molecule has 3 N–H and O–H groups in total. The highest BCUT2D eigenvalue weighted by Gasteiger charge is 2.37. The van der Waals surface area contributed by atoms with Crippen molar-refractivity contribution in [3.8, 4) is 0 Å². The number of hydrazine groups is 1. The third-order valence-corrected chi connectivity index (χ3v) is 6.17. The van der Waals surface area contributed by atoms with Crippen LogP contribution in [0.5, 0.6) is 0 Å². The van der Waals surface area contributed by atoms with Gasteiger partial charge >= 0.3 is 0 Å². The lowest BCUT2D eigenvalue weighted by Crippen LogP contribution is -2.47. The van der Waals surface area contributed by atoms with E-state index in [0.717, 1.165) is 45.7 Å². The largest absolute Gasteiger partial charge is 0.381 e. The average molecular weight is 352 g/mol. The van der Waals surface area contributed by atoms with Gasteiger partial charge in [-0.3, -0.25) is 15.1 Å². The van der Waals surface area contributed by atoms with Crippen molar-refractivity contribution in [1.29, 1.82) is 0 Å². The second-order valence-electron chi connectivity index (χ2n) is 8.16. The number of carbonyl (C=O) groups is 1. The van der Waals surface area contributed by atoms with Gasteiger partial charge in [-0.2, -0.15) is 5.48 Å². The highest BCUT2D eigenvalue weighted by atomic mass is 16.7. The summed E-state index contributed by atoms with van der Waals surface area (Å²) in [5.74, 6) is 1.32. The Morgan fingerprint density at radius 1 is 1.20 bits per heavy atom. The van der Waals surface area contributed by atoms with E-state index < -0.39 is 0 Å². The summed E-state index contributed by atoms with van der Waals surface area (Å²) in [6.45, 7) is 4.41. The summed E-state index contributed by atoms with van der Waals surface area (Å²) in [7, 11) is 0. The molecule has 4 fully saturated rings. The van der Waals surface area contributed by atoms with Crippen LogP contribution in [0.4, 0.5) is 0 Å². The maximum absolute atomic E-state index is 12.6. The molecule has 0 aromatic carbocycles. The Hall–Kier alpha value is -0.730. The Morgan fingerprint density at radius 2 is 2.08 bits per heavy atom. The van der Waals surface area contributed by atoms with Crippen molar-refractivity contribution < 1.29 is 14.4 Å². The molecule has 0 spiro atoms. The summed E-state index contributed by atoms with van der Waals surface area (Å²) in [6, 6.07) is -0.0328. The number of carbonyl (C=O) groups excluding carboxylic acids is 1. The van der Waals surface area contributed by atoms with Crippen molar-refractivity contribution in [2.45, 2.75) is 63.1 Å². The molecule has 4 atom stereocenters. The Kier molecular flexibility index (Phi) is 5.87. The van der Waals surface area contributed by atoms with Crippen molar-refractivity contribution in [3.63, 3.8) is 0 Å². The number of ether oxygens (including phenoxy) is 1. The van der Waals surface area contributed by atoms with Gasteiger partial charge in [-0.05, 0) is 31.1 Å². The van der Waals surface area contributed by atoms with Crippen LogP contribution in [0.3, 0.4) is 0 Å². The lowest BCUT2D eigenvalue weighted by molar-refractivity contribution is -0.125. The number of hydroxylamine groups is 1. The number of hydrogen-bond donors (Lipinski definition) is 3. The zero-order chi connectivity index (χ0) is 17.1. The van der Waals surface area contributed by atoms with Crippen molar-refractivity contribution >= 4 is 5.91 Å². The van der Waals surface area contributed by atoms with Gasteiger partial charge in [0.05, 0.1) is 18.8 Å². The van der Waals surface area contributed by atoms with E-state index in [9.17, 15) is 4.79 Å². The van der Waals surface area contributed by atoms with E-state index in [2.05, 4.69) is 21.2 Å². The maximum Gasteiger partial charge on any atom is 0.239 e. The lowest BCUT2D eigenvalue weighted by atomic mass is 9.83. The van der Waals surface area contributed by atoms with E-state index in [1.54, 1.807) is 0 Å². The molecule has 7 nitrogen and oxygen atoms in total. The number of nitrogens with one attached hydrogen (secondary N) is 3. The third kappa shape index (κ3) is 4.52. The topological polar surface area (TPSA) is 74.9 Å². The number of rotatable bonds is 5. The molecule has 0 radical (unpaired) electrons. The lowest BCUT2D eigenvalue weighted by Gasteiger charge is -2.25. The molecule has 1 amide bonds. The Labute approximate surface area is 150 Å². The van der Waals surface area contributed by atoms with Crippen molar-refractivity contribution in [2.24, 2.45) is 11.8 Å². The van der Waals surface area contributed by atoms with E-state index in [1.807, 2.05) is 0 Å². The summed E-state index contributed by atoms with van der Waals surface area (Å²) in [5, 5.41) is 5.41. The fourth-order valence-corrected chi connectivity index (χ4v) is 4.66. The minimum Gasteiger partial charge on any atom is -0.381 e. The highest BCUT2D eigenvalue weighted by Crippen LogP contribution is 2.31. The van der Waals surface area contributed by atoms with E-state index in [-0.39, 0.29) is 24.1 Å². The molecule has 1 saturated carbocycles. The molecule has 142 valence electrons. The molecule has 0 aromatic heterocycles. The Bertz CT molecular complexity index is 452. The zero-order valence-electron chi connectivity index (χ0n) is 15.0. The quantitative estimate of drug-likeness (QED) is 0.672. The van der Waals surface area contributed by atoms with Gasteiger partial charge in [-0.1, -0.05) is 19.3 Å². The fourth-order valence-electron chi connectivity index (χ4n) is 4.66. The second kappa shape index (κ2) is 8.31. The van der Waals surface area contributed by atoms with Gasteiger partial charge in [0.1, 0.15) is 6.04 Å². The SMILES string of the molecule is O=C(NC1CNN(CC2CCOC2)C1)C1CC(C2CCCCC2)ON1. The monoisotopic (exact) mass is 352 g/mol. The van der Waals surface area contributed by atoms with E-state index in [4.69, 9.17) is 9.57 Å². The first kappa shape index (κ1) is 17.7. The van der Waals surface area contributed by atoms with Crippen LogP contribution in [-0.4, -0.2) is 62.0 Å². The molecule has 7 heteroatoms. The van der Waals surface area contributed by atoms with Gasteiger partial charge in [0.25, 0.3) is 0 Å². The van der Waals surface area contributed by atoms with Crippen LogP contribution < -0.4 is 16.2 Å². The van der Waals surface area contributed by atoms with E-state index >= 15 is 0 Å². The Morgan fingerprint density at radius 3 is 2.88 bits per heavy atom. The molecule has 3 heterocycles.